The van der Waals surface area contributed by atoms with Crippen molar-refractivity contribution in [2.45, 2.75) is 0 Å². The summed E-state index contributed by atoms with van der Waals surface area (Å²) >= 11 is 0. The summed E-state index contributed by atoms with van der Waals surface area (Å²) in [5, 5.41) is 104. The molecule has 16 nitrogen and oxygen atoms in total. The Kier molecular flexibility index (Phi) is 76.6. The van der Waals surface area contributed by atoms with E-state index in [-0.39, 0.29) is 81.9 Å². The molecule has 0 aliphatic carbocycles. The van der Waals surface area contributed by atoms with Crippen LogP contribution in [0.1, 0.15) is 0 Å². The molecule has 0 bridgehead atoms. The quantitative estimate of drug-likeness (QED) is 0.144. The van der Waals surface area contributed by atoms with Gasteiger partial charge in [-0.25, -0.2) is 0 Å². The maximum Gasteiger partial charge on any atom is 0.0416 e. The largest absolute Gasteiger partial charge is 0.871 e. The minimum Gasteiger partial charge on any atom is -0.871 e. The van der Waals surface area contributed by atoms with Crippen molar-refractivity contribution in [2.24, 2.45) is 0 Å². The molecule has 0 amide bonds. The van der Waals surface area contributed by atoms with Crippen LogP contribution in [0.15, 0.2) is 0 Å². The Labute approximate surface area is 190 Å². The minimum absolute atomic E-state index is 0. The summed E-state index contributed by atoms with van der Waals surface area (Å²) in [6, 6.07) is 0. The van der Waals surface area contributed by atoms with E-state index in [1.165, 1.54) is 0 Å². The zero-order chi connectivity index (χ0) is 17.1. The van der Waals surface area contributed by atoms with Gasteiger partial charge in [-0.05, 0) is 0 Å². The van der Waals surface area contributed by atoms with Crippen LogP contribution in [-0.4, -0.2) is 111 Å². The predicted octanol–water partition coefficient (Wildman–Crippen LogP) is -17.2. The molecule has 0 saturated carbocycles. The van der Waals surface area contributed by atoms with Crippen molar-refractivity contribution < 1.29 is 80.4 Å². The first-order valence-electron chi connectivity index (χ1n) is 3.50. The van der Waals surface area contributed by atoms with E-state index >= 15 is 0 Å². The van der Waals surface area contributed by atoms with E-state index in [1.807, 2.05) is 0 Å². The van der Waals surface area contributed by atoms with Crippen molar-refractivity contribution in [3.8, 4) is 0 Å². The van der Waals surface area contributed by atoms with E-state index in [1.54, 1.807) is 0 Å². The van der Waals surface area contributed by atoms with Crippen LogP contribution >= 0.6 is 0 Å². The topological polar surface area (TPSA) is 314 Å². The average molecular weight is 921 g/mol. The first-order valence-corrected chi connectivity index (χ1v) is 3.50. The smallest absolute Gasteiger partial charge is 0.0416 e. The van der Waals surface area contributed by atoms with E-state index < -0.39 is 29.3 Å². The molecule has 23 heteroatoms. The van der Waals surface area contributed by atoms with Gasteiger partial charge in [0, 0.05) is 111 Å². The van der Waals surface area contributed by atoms with Gasteiger partial charge in [-0.15, -0.1) is 0 Å². The Hall–Kier alpha value is 2.39. The molecule has 0 fully saturated rings. The number of hydrogen-bond acceptors (Lipinski definition) is 16. The number of rotatable bonds is 4. The second kappa shape index (κ2) is 39.5. The fourth-order valence-electron chi connectivity index (χ4n) is 0. The van der Waals surface area contributed by atoms with E-state index in [4.69, 9.17) is 61.2 Å². The molecule has 12 radical (unpaired) electrons. The van der Waals surface area contributed by atoms with Gasteiger partial charge < -0.3 is 80.4 Å². The normalized spacial score (nSPS) is 6.78. The summed E-state index contributed by atoms with van der Waals surface area (Å²) < 4.78 is 0. The molecule has 0 aliphatic heterocycles. The van der Waals surface area contributed by atoms with Gasteiger partial charge in [0.2, 0.25) is 0 Å². The van der Waals surface area contributed by atoms with Crippen LogP contribution in [0.25, 0.3) is 0 Å². The Bertz CT molecular complexity index is 115. The predicted molar refractivity (Wildman–Crippen MR) is 44.6 cm³/mol. The van der Waals surface area contributed by atoms with Crippen LogP contribution < -0.4 is 61.2 Å². The van der Waals surface area contributed by atoms with Gasteiger partial charge in [-0.1, -0.05) is 0 Å². The summed E-state index contributed by atoms with van der Waals surface area (Å²) in [5.74, 6) is 0. The van der Waals surface area contributed by atoms with E-state index in [0.717, 1.165) is 0 Å². The van der Waals surface area contributed by atoms with Crippen LogP contribution in [0.4, 0.5) is 0 Å². The number of hydrogen-bond donors (Lipinski definition) is 0. The van der Waals surface area contributed by atoms with E-state index in [0.29, 0.717) is 0 Å². The van der Waals surface area contributed by atoms with Crippen LogP contribution in [0.3, 0.4) is 0 Å². The second-order valence-corrected chi connectivity index (χ2v) is 1.54. The van der Waals surface area contributed by atoms with Crippen molar-refractivity contribution in [1.29, 1.82) is 0 Å². The minimum atomic E-state index is -2.67. The van der Waals surface area contributed by atoms with Gasteiger partial charge in [-0.3, -0.25) is 0 Å². The SMILES string of the molecule is [O-]OB([O-])[O-].[O-]OB([O-])[O-].[O-]OB([O-])[O-].[O-]OB([O-])[O-].[Pb].[Pb].[Pb]. The second-order valence-electron chi connectivity index (χ2n) is 1.54. The first-order chi connectivity index (χ1) is 9.08. The van der Waals surface area contributed by atoms with Crippen molar-refractivity contribution >= 4 is 111 Å². The summed E-state index contributed by atoms with van der Waals surface area (Å²) in [7, 11) is -10.7. The van der Waals surface area contributed by atoms with Gasteiger partial charge in [0.15, 0.2) is 0 Å². The molecule has 0 aliphatic rings. The van der Waals surface area contributed by atoms with Gasteiger partial charge in [0.25, 0.3) is 0 Å². The molecule has 0 aromatic heterocycles. The molecule has 23 heavy (non-hydrogen) atoms. The molecule has 0 atom stereocenters. The molecule has 0 N–H and O–H groups in total. The molecular formula is B4O16Pb3-12. The van der Waals surface area contributed by atoms with Gasteiger partial charge in [-0.2, -0.15) is 0 Å². The van der Waals surface area contributed by atoms with Gasteiger partial charge in [0.1, 0.15) is 0 Å². The van der Waals surface area contributed by atoms with Crippen LogP contribution in [0, 0.1) is 0 Å². The monoisotopic (exact) mass is 924 g/mol. The third kappa shape index (κ3) is 113. The first kappa shape index (κ1) is 44.7. The Balaban J connectivity index is -0.0000000284. The summed E-state index contributed by atoms with van der Waals surface area (Å²) in [5.41, 5.74) is 0. The molecule has 0 unspecified atom stereocenters. The van der Waals surface area contributed by atoms with Gasteiger partial charge in [0.05, 0.1) is 0 Å². The standard InChI is InChI=1S/4BHO4.3Pb/c4*2-1(3)5-4;;;/h4*4H;;;/q4*-2;;;/p-4. The van der Waals surface area contributed by atoms with Crippen molar-refractivity contribution in [3.05, 3.63) is 0 Å². The Morgan fingerprint density at radius 2 is 0.391 bits per heavy atom. The molecule has 0 aromatic rings. The third-order valence-corrected chi connectivity index (χ3v) is 0.314. The molecular weight excluding hydrogens is 921 g/mol. The molecule has 0 rings (SSSR count). The van der Waals surface area contributed by atoms with Gasteiger partial charge >= 0.3 is 0 Å². The fraction of sp³-hybridized carbons (Fsp3) is 0. The summed E-state index contributed by atoms with van der Waals surface area (Å²) in [4.78, 5) is 9.56. The molecule has 0 spiro atoms. The van der Waals surface area contributed by atoms with E-state index in [9.17, 15) is 0 Å². The van der Waals surface area contributed by atoms with E-state index in [2.05, 4.69) is 19.2 Å². The summed E-state index contributed by atoms with van der Waals surface area (Å²) in [6.45, 7) is 0. The maximum absolute atomic E-state index is 8.81. The van der Waals surface area contributed by atoms with Crippen LogP contribution in [0.2, 0.25) is 0 Å². The molecule has 0 heterocycles. The average Bonchev–Trinajstić information content (AvgIpc) is 2.40. The Morgan fingerprint density at radius 1 is 0.348 bits per heavy atom. The fourth-order valence-corrected chi connectivity index (χ4v) is 0. The zero-order valence-electron chi connectivity index (χ0n) is 10.3. The molecule has 132 valence electrons. The third-order valence-electron chi connectivity index (χ3n) is 0.314. The molecule has 0 aromatic carbocycles. The Morgan fingerprint density at radius 3 is 0.391 bits per heavy atom. The van der Waals surface area contributed by atoms with Crippen molar-refractivity contribution in [1.82, 2.24) is 0 Å². The maximum atomic E-state index is 8.81. The van der Waals surface area contributed by atoms with Crippen molar-refractivity contribution in [3.63, 3.8) is 0 Å². The molecule has 0 saturated heterocycles. The van der Waals surface area contributed by atoms with Crippen LogP contribution in [0.5, 0.6) is 0 Å². The van der Waals surface area contributed by atoms with Crippen molar-refractivity contribution in [2.75, 3.05) is 0 Å². The summed E-state index contributed by atoms with van der Waals surface area (Å²) in [6.07, 6.45) is 0. The zero-order valence-corrected chi connectivity index (χ0v) is 22.0. The van der Waals surface area contributed by atoms with Crippen LogP contribution in [-0.2, 0) is 19.2 Å².